The molecular weight excluding hydrogens is 853 g/mol. The predicted octanol–water partition coefficient (Wildman–Crippen LogP) is 13.9. The number of aromatic hydroxyl groups is 5. The number of thiophene rings is 1. The number of hydrogen-bond acceptors (Lipinski definition) is 9. The van der Waals surface area contributed by atoms with Gasteiger partial charge in [0.25, 0.3) is 0 Å². The van der Waals surface area contributed by atoms with E-state index in [1.165, 1.54) is 0 Å². The lowest BCUT2D eigenvalue weighted by Gasteiger charge is -2.14. The summed E-state index contributed by atoms with van der Waals surface area (Å²) in [5.74, 6) is -4.80. The third kappa shape index (κ3) is 6.41. The Hall–Kier alpha value is -8.99. The van der Waals surface area contributed by atoms with E-state index < -0.39 is 34.3 Å². The van der Waals surface area contributed by atoms with E-state index in [0.717, 1.165) is 81.0 Å². The first-order valence-corrected chi connectivity index (χ1v) is 22.4. The van der Waals surface area contributed by atoms with Crippen molar-refractivity contribution in [2.75, 3.05) is 0 Å². The van der Waals surface area contributed by atoms with Crippen LogP contribution in [0.2, 0.25) is 0 Å². The third-order valence-corrected chi connectivity index (χ3v) is 13.7. The van der Waals surface area contributed by atoms with Gasteiger partial charge in [0.2, 0.25) is 17.2 Å². The summed E-state index contributed by atoms with van der Waals surface area (Å²) in [6.07, 6.45) is 0. The van der Waals surface area contributed by atoms with Gasteiger partial charge in [0, 0.05) is 37.4 Å². The molecule has 9 nitrogen and oxygen atoms in total. The highest BCUT2D eigenvalue weighted by atomic mass is 32.1. The molecular formula is C57H36N4O5S. The summed E-state index contributed by atoms with van der Waals surface area (Å²) in [6, 6.07) is 63.9. The molecule has 3 aromatic heterocycles. The number of para-hydroxylation sites is 1. The van der Waals surface area contributed by atoms with Crippen molar-refractivity contribution in [1.82, 2.24) is 19.5 Å². The molecule has 0 aliphatic carbocycles. The fourth-order valence-electron chi connectivity index (χ4n) is 9.23. The van der Waals surface area contributed by atoms with E-state index in [1.807, 2.05) is 78.9 Å². The van der Waals surface area contributed by atoms with Crippen LogP contribution in [0.5, 0.6) is 28.7 Å². The van der Waals surface area contributed by atoms with E-state index in [4.69, 9.17) is 9.97 Å². The number of phenolic OH excluding ortho intramolecular Hbond substituents is 5. The van der Waals surface area contributed by atoms with E-state index in [1.54, 1.807) is 11.3 Å². The Balaban J connectivity index is 1.21. The molecule has 5 N–H and O–H groups in total. The Kier molecular flexibility index (Phi) is 9.23. The SMILES string of the molecule is Oc1c(O)c(O)c(-c2nc(-c3ccccc3)nc(-c3cc(-c4ccccc4)cc4c3sc3c(-n5c6ccccc6c6cc(-c7ccccc7)ccc65)ccc(-c5ccccc5)c34)n2)c(O)c1O. The maximum atomic E-state index is 11.2. The summed E-state index contributed by atoms with van der Waals surface area (Å²) in [5, 5.41) is 58.4. The number of fused-ring (bicyclic) bond motifs is 6. The van der Waals surface area contributed by atoms with Crippen molar-refractivity contribution in [2.24, 2.45) is 0 Å². The highest BCUT2D eigenvalue weighted by molar-refractivity contribution is 7.27. The maximum absolute atomic E-state index is 11.2. The fourth-order valence-corrected chi connectivity index (χ4v) is 10.6. The van der Waals surface area contributed by atoms with Gasteiger partial charge in [-0.05, 0) is 69.8 Å². The molecule has 0 radical (unpaired) electrons. The number of phenols is 5. The lowest BCUT2D eigenvalue weighted by Crippen LogP contribution is -2.01. The number of nitrogens with zero attached hydrogens (tertiary/aromatic N) is 4. The summed E-state index contributed by atoms with van der Waals surface area (Å²) in [7, 11) is 0. The zero-order chi connectivity index (χ0) is 45.3. The highest BCUT2D eigenvalue weighted by Gasteiger charge is 2.29. The van der Waals surface area contributed by atoms with E-state index in [9.17, 15) is 25.5 Å². The summed E-state index contributed by atoms with van der Waals surface area (Å²) in [4.78, 5) is 14.7. The molecule has 9 aromatic carbocycles. The number of benzene rings is 9. The fraction of sp³-hybridized carbons (Fsp3) is 0. The molecule has 67 heavy (non-hydrogen) atoms. The standard InChI is InChI=1S/C57H36N4O5S/c62-48-47(49(63)51(65)52(66)50(48)64)57-59-55(35-21-11-4-12-22-35)58-56(60-57)42-31-37(33-17-7-2-8-18-33)30-41-46-38(34-19-9-3-10-20-34)26-28-45(54(46)67-53(41)42)61-43-24-14-13-23-39(43)40-29-36(25-27-44(40)61)32-15-5-1-6-16-32/h1-31,62-66H. The third-order valence-electron chi connectivity index (χ3n) is 12.4. The molecule has 0 saturated heterocycles. The van der Waals surface area contributed by atoms with Gasteiger partial charge in [-0.2, -0.15) is 0 Å². The van der Waals surface area contributed by atoms with Gasteiger partial charge in [-0.15, -0.1) is 11.3 Å². The molecule has 0 aliphatic heterocycles. The monoisotopic (exact) mass is 888 g/mol. The summed E-state index contributed by atoms with van der Waals surface area (Å²) in [5.41, 5.74) is 10.1. The molecule has 0 spiro atoms. The first-order chi connectivity index (χ1) is 32.8. The molecule has 3 heterocycles. The lowest BCUT2D eigenvalue weighted by atomic mass is 9.95. The average Bonchev–Trinajstić information content (AvgIpc) is 3.94. The largest absolute Gasteiger partial charge is 0.504 e. The predicted molar refractivity (Wildman–Crippen MR) is 268 cm³/mol. The average molecular weight is 889 g/mol. The molecule has 0 unspecified atom stereocenters. The Morgan fingerprint density at radius 1 is 0.343 bits per heavy atom. The Bertz CT molecular complexity index is 3880. The summed E-state index contributed by atoms with van der Waals surface area (Å²) in [6.45, 7) is 0. The minimum atomic E-state index is -1.08. The topological polar surface area (TPSA) is 145 Å². The van der Waals surface area contributed by atoms with Crippen LogP contribution in [0.25, 0.3) is 115 Å². The van der Waals surface area contributed by atoms with E-state index in [0.29, 0.717) is 11.1 Å². The van der Waals surface area contributed by atoms with Crippen LogP contribution in [0.1, 0.15) is 0 Å². The highest BCUT2D eigenvalue weighted by Crippen LogP contribution is 2.55. The number of aromatic nitrogens is 4. The summed E-state index contributed by atoms with van der Waals surface area (Å²) >= 11 is 1.62. The zero-order valence-corrected chi connectivity index (χ0v) is 36.1. The van der Waals surface area contributed by atoms with Crippen LogP contribution < -0.4 is 0 Å². The zero-order valence-electron chi connectivity index (χ0n) is 35.3. The Morgan fingerprint density at radius 3 is 1.54 bits per heavy atom. The van der Waals surface area contributed by atoms with E-state index >= 15 is 0 Å². The van der Waals surface area contributed by atoms with Crippen molar-refractivity contribution in [3.63, 3.8) is 0 Å². The van der Waals surface area contributed by atoms with Crippen molar-refractivity contribution in [1.29, 1.82) is 0 Å². The van der Waals surface area contributed by atoms with Gasteiger partial charge in [0.1, 0.15) is 5.56 Å². The molecule has 0 aliphatic rings. The minimum Gasteiger partial charge on any atom is -0.504 e. The van der Waals surface area contributed by atoms with Crippen LogP contribution in [-0.2, 0) is 0 Å². The molecule has 12 rings (SSSR count). The molecule has 0 atom stereocenters. The molecule has 0 saturated carbocycles. The van der Waals surface area contributed by atoms with Gasteiger partial charge in [-0.25, -0.2) is 15.0 Å². The Labute approximate surface area is 386 Å². The number of rotatable bonds is 7. The smallest absolute Gasteiger partial charge is 0.208 e. The van der Waals surface area contributed by atoms with Gasteiger partial charge < -0.3 is 30.1 Å². The molecule has 0 fully saturated rings. The van der Waals surface area contributed by atoms with Crippen molar-refractivity contribution >= 4 is 53.3 Å². The molecule has 10 heteroatoms. The molecule has 0 amide bonds. The second kappa shape index (κ2) is 15.6. The molecule has 12 aromatic rings. The van der Waals surface area contributed by atoms with Gasteiger partial charge in [-0.3, -0.25) is 0 Å². The maximum Gasteiger partial charge on any atom is 0.208 e. The molecule has 320 valence electrons. The van der Waals surface area contributed by atoms with Crippen molar-refractivity contribution in [3.05, 3.63) is 188 Å². The van der Waals surface area contributed by atoms with Gasteiger partial charge in [-0.1, -0.05) is 152 Å². The minimum absolute atomic E-state index is 0.205. The number of hydrogen-bond donors (Lipinski definition) is 5. The van der Waals surface area contributed by atoms with Crippen LogP contribution >= 0.6 is 11.3 Å². The normalized spacial score (nSPS) is 11.6. The quantitative estimate of drug-likeness (QED) is 0.0786. The van der Waals surface area contributed by atoms with Crippen molar-refractivity contribution in [3.8, 4) is 102 Å². The molecule has 0 bridgehead atoms. The van der Waals surface area contributed by atoms with Crippen LogP contribution in [-0.4, -0.2) is 45.1 Å². The van der Waals surface area contributed by atoms with Crippen LogP contribution in [0.4, 0.5) is 0 Å². The van der Waals surface area contributed by atoms with Crippen LogP contribution in [0.15, 0.2) is 188 Å². The lowest BCUT2D eigenvalue weighted by molar-refractivity contribution is 0.329. The second-order valence-corrected chi connectivity index (χ2v) is 17.3. The van der Waals surface area contributed by atoms with Crippen molar-refractivity contribution < 1.29 is 25.5 Å². The van der Waals surface area contributed by atoms with Gasteiger partial charge >= 0.3 is 0 Å². The van der Waals surface area contributed by atoms with Crippen LogP contribution in [0, 0.1) is 0 Å². The van der Waals surface area contributed by atoms with Crippen molar-refractivity contribution in [2.45, 2.75) is 0 Å². The van der Waals surface area contributed by atoms with Gasteiger partial charge in [0.05, 0.1) is 21.4 Å². The van der Waals surface area contributed by atoms with E-state index in [-0.39, 0.29) is 17.5 Å². The summed E-state index contributed by atoms with van der Waals surface area (Å²) < 4.78 is 4.25. The second-order valence-electron chi connectivity index (χ2n) is 16.3. The first-order valence-electron chi connectivity index (χ1n) is 21.6. The first kappa shape index (κ1) is 39.6. The van der Waals surface area contributed by atoms with Crippen LogP contribution in [0.3, 0.4) is 0 Å². The van der Waals surface area contributed by atoms with E-state index in [2.05, 4.69) is 119 Å². The Morgan fingerprint density at radius 2 is 0.866 bits per heavy atom. The van der Waals surface area contributed by atoms with Gasteiger partial charge in [0.15, 0.2) is 29.0 Å².